The lowest BCUT2D eigenvalue weighted by atomic mass is 9.93. The number of amides is 1. The van der Waals surface area contributed by atoms with Gasteiger partial charge in [-0.25, -0.2) is 4.39 Å². The number of nitrogens with one attached hydrogen (secondary N) is 2. The number of halogens is 1. The van der Waals surface area contributed by atoms with E-state index >= 15 is 0 Å². The minimum atomic E-state index is -0.891. The molecule has 1 aromatic heterocycles. The number of hydrogen-bond acceptors (Lipinski definition) is 1. The quantitative estimate of drug-likeness (QED) is 0.770. The maximum Gasteiger partial charge on any atom is 0.268 e. The predicted octanol–water partition coefficient (Wildman–Crippen LogP) is 2.03. The van der Waals surface area contributed by atoms with Crippen LogP contribution in [-0.2, 0) is 0 Å². The average Bonchev–Trinajstić information content (AvgIpc) is 2.74. The van der Waals surface area contributed by atoms with E-state index in [4.69, 9.17) is 0 Å². The topological polar surface area (TPSA) is 44.9 Å². The molecule has 2 rings (SSSR count). The second-order valence-corrected chi connectivity index (χ2v) is 3.96. The van der Waals surface area contributed by atoms with E-state index in [0.717, 1.165) is 19.3 Å². The highest BCUT2D eigenvalue weighted by Gasteiger charge is 2.26. The molecule has 1 aliphatic carbocycles. The van der Waals surface area contributed by atoms with Crippen LogP contribution in [0.2, 0.25) is 0 Å². The molecule has 1 heterocycles. The van der Waals surface area contributed by atoms with Gasteiger partial charge in [0.25, 0.3) is 5.91 Å². The first-order valence-electron chi connectivity index (χ1n) is 5.35. The number of carbonyl (C=O) groups is 1. The second kappa shape index (κ2) is 4.47. The molecule has 0 bridgehead atoms. The van der Waals surface area contributed by atoms with Crippen molar-refractivity contribution in [3.63, 3.8) is 0 Å². The van der Waals surface area contributed by atoms with Crippen molar-refractivity contribution < 1.29 is 9.18 Å². The summed E-state index contributed by atoms with van der Waals surface area (Å²) in [6, 6.07) is 3.13. The van der Waals surface area contributed by atoms with Crippen LogP contribution in [0.5, 0.6) is 0 Å². The summed E-state index contributed by atoms with van der Waals surface area (Å²) in [5.41, 5.74) is 0.493. The van der Waals surface area contributed by atoms with Crippen molar-refractivity contribution in [1.82, 2.24) is 10.3 Å². The number of rotatable bonds is 2. The molecule has 82 valence electrons. The number of H-pyrrole nitrogens is 1. The lowest BCUT2D eigenvalue weighted by Crippen LogP contribution is -2.43. The van der Waals surface area contributed by atoms with Crippen LogP contribution in [0.4, 0.5) is 4.39 Å². The molecule has 1 amide bonds. The fourth-order valence-corrected chi connectivity index (χ4v) is 1.97. The molecule has 15 heavy (non-hydrogen) atoms. The Balaban J connectivity index is 1.93. The van der Waals surface area contributed by atoms with Crippen LogP contribution < -0.4 is 5.32 Å². The van der Waals surface area contributed by atoms with Crippen molar-refractivity contribution in [3.05, 3.63) is 24.0 Å². The van der Waals surface area contributed by atoms with Crippen LogP contribution in [0.1, 0.15) is 36.2 Å². The highest BCUT2D eigenvalue weighted by atomic mass is 19.1. The molecule has 0 spiro atoms. The third-order valence-corrected chi connectivity index (χ3v) is 2.84. The van der Waals surface area contributed by atoms with Crippen molar-refractivity contribution in [2.75, 3.05) is 0 Å². The molecule has 0 aromatic carbocycles. The number of hydrogen-bond donors (Lipinski definition) is 2. The van der Waals surface area contributed by atoms with Crippen LogP contribution in [0.15, 0.2) is 18.3 Å². The Morgan fingerprint density at radius 3 is 2.93 bits per heavy atom. The predicted molar refractivity (Wildman–Crippen MR) is 55.4 cm³/mol. The van der Waals surface area contributed by atoms with Gasteiger partial charge >= 0.3 is 0 Å². The van der Waals surface area contributed by atoms with E-state index in [2.05, 4.69) is 10.3 Å². The molecule has 1 aromatic rings. The van der Waals surface area contributed by atoms with E-state index in [1.54, 1.807) is 18.3 Å². The highest BCUT2D eigenvalue weighted by molar-refractivity contribution is 5.92. The molecule has 0 radical (unpaired) electrons. The summed E-state index contributed by atoms with van der Waals surface area (Å²) in [6.45, 7) is 0. The van der Waals surface area contributed by atoms with E-state index in [9.17, 15) is 9.18 Å². The molecule has 0 unspecified atom stereocenters. The molecule has 1 aliphatic rings. The second-order valence-electron chi connectivity index (χ2n) is 3.96. The summed E-state index contributed by atoms with van der Waals surface area (Å²) in [6.07, 6.45) is 4.02. The van der Waals surface area contributed by atoms with Gasteiger partial charge in [-0.05, 0) is 25.0 Å². The van der Waals surface area contributed by atoms with Gasteiger partial charge in [0, 0.05) is 6.20 Å². The third kappa shape index (κ3) is 2.37. The van der Waals surface area contributed by atoms with Crippen molar-refractivity contribution in [2.24, 2.45) is 0 Å². The smallest absolute Gasteiger partial charge is 0.268 e. The molecule has 0 aliphatic heterocycles. The lowest BCUT2D eigenvalue weighted by molar-refractivity contribution is 0.0879. The average molecular weight is 210 g/mol. The molecule has 3 nitrogen and oxygen atoms in total. The minimum Gasteiger partial charge on any atom is -0.357 e. The first-order chi connectivity index (χ1) is 7.27. The van der Waals surface area contributed by atoms with Gasteiger partial charge in [0.1, 0.15) is 11.9 Å². The van der Waals surface area contributed by atoms with Crippen LogP contribution in [0, 0.1) is 0 Å². The Labute approximate surface area is 88.1 Å². The Morgan fingerprint density at radius 2 is 2.27 bits per heavy atom. The monoisotopic (exact) mass is 210 g/mol. The van der Waals surface area contributed by atoms with Crippen molar-refractivity contribution in [1.29, 1.82) is 0 Å². The summed E-state index contributed by atoms with van der Waals surface area (Å²) < 4.78 is 13.4. The minimum absolute atomic E-state index is 0.213. The molecule has 2 N–H and O–H groups in total. The first-order valence-corrected chi connectivity index (χ1v) is 5.35. The highest BCUT2D eigenvalue weighted by Crippen LogP contribution is 2.21. The molecule has 1 saturated carbocycles. The van der Waals surface area contributed by atoms with Crippen LogP contribution in [0.3, 0.4) is 0 Å². The summed E-state index contributed by atoms with van der Waals surface area (Å²) in [5, 5.41) is 2.73. The van der Waals surface area contributed by atoms with Crippen molar-refractivity contribution in [3.8, 4) is 0 Å². The first kappa shape index (κ1) is 10.2. The van der Waals surface area contributed by atoms with E-state index in [0.29, 0.717) is 12.1 Å². The fraction of sp³-hybridized carbons (Fsp3) is 0.545. The van der Waals surface area contributed by atoms with Gasteiger partial charge < -0.3 is 10.3 Å². The van der Waals surface area contributed by atoms with Gasteiger partial charge in [0.05, 0.1) is 6.04 Å². The van der Waals surface area contributed by atoms with Gasteiger partial charge in [-0.2, -0.15) is 0 Å². The maximum atomic E-state index is 13.4. The van der Waals surface area contributed by atoms with Gasteiger partial charge in [0.15, 0.2) is 0 Å². The molecule has 1 fully saturated rings. The molecular weight excluding hydrogens is 195 g/mol. The lowest BCUT2D eigenvalue weighted by Gasteiger charge is -2.26. The maximum absolute atomic E-state index is 13.4. The van der Waals surface area contributed by atoms with Gasteiger partial charge in [-0.15, -0.1) is 0 Å². The number of carbonyl (C=O) groups excluding carboxylic acids is 1. The Morgan fingerprint density at radius 1 is 1.47 bits per heavy atom. The SMILES string of the molecule is O=C(N[C@H]1CCCC[C@@H]1F)c1ccc[nH]1. The van der Waals surface area contributed by atoms with Gasteiger partial charge in [-0.1, -0.05) is 12.8 Å². The summed E-state index contributed by atoms with van der Waals surface area (Å²) >= 11 is 0. The molecule has 2 atom stereocenters. The number of aromatic amines is 1. The van der Waals surface area contributed by atoms with Crippen molar-refractivity contribution in [2.45, 2.75) is 37.9 Å². The fourth-order valence-electron chi connectivity index (χ4n) is 1.97. The molecule has 0 saturated heterocycles. The van der Waals surface area contributed by atoms with Crippen LogP contribution >= 0.6 is 0 Å². The van der Waals surface area contributed by atoms with Crippen molar-refractivity contribution >= 4 is 5.91 Å². The zero-order chi connectivity index (χ0) is 10.7. The van der Waals surface area contributed by atoms with E-state index < -0.39 is 6.17 Å². The normalized spacial score (nSPS) is 26.2. The molecular formula is C11H15FN2O. The molecule has 4 heteroatoms. The van der Waals surface area contributed by atoms with E-state index in [-0.39, 0.29) is 11.9 Å². The number of aromatic nitrogens is 1. The number of alkyl halides is 1. The zero-order valence-electron chi connectivity index (χ0n) is 8.50. The third-order valence-electron chi connectivity index (χ3n) is 2.84. The summed E-state index contributed by atoms with van der Waals surface area (Å²) in [5.74, 6) is -0.213. The summed E-state index contributed by atoms with van der Waals surface area (Å²) in [4.78, 5) is 14.4. The largest absolute Gasteiger partial charge is 0.357 e. The Kier molecular flexibility index (Phi) is 3.04. The van der Waals surface area contributed by atoms with E-state index in [1.165, 1.54) is 0 Å². The van der Waals surface area contributed by atoms with Crippen LogP contribution in [-0.4, -0.2) is 23.1 Å². The van der Waals surface area contributed by atoms with Crippen LogP contribution in [0.25, 0.3) is 0 Å². The Bertz CT molecular complexity index is 323. The Hall–Kier alpha value is -1.32. The zero-order valence-corrected chi connectivity index (χ0v) is 8.50. The van der Waals surface area contributed by atoms with E-state index in [1.807, 2.05) is 0 Å². The van der Waals surface area contributed by atoms with Gasteiger partial charge in [-0.3, -0.25) is 4.79 Å². The van der Waals surface area contributed by atoms with Gasteiger partial charge in [0.2, 0.25) is 0 Å². The summed E-state index contributed by atoms with van der Waals surface area (Å²) in [7, 11) is 0. The standard InChI is InChI=1S/C11H15FN2O/c12-8-4-1-2-5-9(8)14-11(15)10-6-3-7-13-10/h3,6-9,13H,1-2,4-5H2,(H,14,15)/t8-,9-/m0/s1.